The summed E-state index contributed by atoms with van der Waals surface area (Å²) in [4.78, 5) is 23.8. The van der Waals surface area contributed by atoms with Gasteiger partial charge in [-0.3, -0.25) is 9.59 Å². The number of carbonyl (C=O) groups is 2. The second-order valence-electron chi connectivity index (χ2n) is 6.99. The lowest BCUT2D eigenvalue weighted by atomic mass is 10.1. The number of thioether (sulfide) groups is 1. The van der Waals surface area contributed by atoms with E-state index in [4.69, 9.17) is 26.4 Å². The van der Waals surface area contributed by atoms with Crippen molar-refractivity contribution in [3.63, 3.8) is 0 Å². The lowest BCUT2D eigenvalue weighted by Crippen LogP contribution is -2.46. The van der Waals surface area contributed by atoms with Gasteiger partial charge < -0.3 is 24.8 Å². The van der Waals surface area contributed by atoms with Crippen molar-refractivity contribution >= 4 is 46.2 Å². The largest absolute Gasteiger partial charge is 0.493 e. The molecule has 0 bridgehead atoms. The zero-order valence-corrected chi connectivity index (χ0v) is 18.3. The van der Waals surface area contributed by atoms with Crippen molar-refractivity contribution in [1.82, 2.24) is 10.6 Å². The summed E-state index contributed by atoms with van der Waals surface area (Å²) in [7, 11) is 1.56. The molecule has 2 aromatic carbocycles. The predicted molar refractivity (Wildman–Crippen MR) is 122 cm³/mol. The predicted octanol–water partition coefficient (Wildman–Crippen LogP) is 3.03. The summed E-state index contributed by atoms with van der Waals surface area (Å²) in [6.07, 6.45) is 2.45. The van der Waals surface area contributed by atoms with Gasteiger partial charge in [0.1, 0.15) is 16.7 Å². The monoisotopic (exact) mass is 456 g/mol. The fourth-order valence-corrected chi connectivity index (χ4v) is 4.29. The Morgan fingerprint density at radius 3 is 2.68 bits per heavy atom. The first-order chi connectivity index (χ1) is 15.0. The van der Waals surface area contributed by atoms with Gasteiger partial charge in [0, 0.05) is 0 Å². The van der Waals surface area contributed by atoms with Crippen molar-refractivity contribution in [2.45, 2.75) is 12.5 Å². The number of rotatable bonds is 6. The summed E-state index contributed by atoms with van der Waals surface area (Å²) in [5, 5.41) is 5.52. The Morgan fingerprint density at radius 1 is 1.19 bits per heavy atom. The minimum absolute atomic E-state index is 0.0238. The topological polar surface area (TPSA) is 85.9 Å². The van der Waals surface area contributed by atoms with Crippen LogP contribution in [0.2, 0.25) is 0 Å². The summed E-state index contributed by atoms with van der Waals surface area (Å²) in [5.74, 6) is 1.48. The maximum Gasteiger partial charge on any atom is 0.263 e. The molecule has 4 rings (SSSR count). The third kappa shape index (κ3) is 5.43. The molecule has 2 fully saturated rings. The highest BCUT2D eigenvalue weighted by molar-refractivity contribution is 8.26. The number of methoxy groups -OCH3 is 1. The molecular formula is C22H20N2O5S2. The third-order valence-electron chi connectivity index (χ3n) is 4.68. The van der Waals surface area contributed by atoms with Crippen LogP contribution in [0.1, 0.15) is 11.1 Å². The van der Waals surface area contributed by atoms with E-state index in [9.17, 15) is 9.59 Å². The van der Waals surface area contributed by atoms with Gasteiger partial charge in [-0.1, -0.05) is 42.2 Å². The first-order valence-corrected chi connectivity index (χ1v) is 10.8. The zero-order chi connectivity index (χ0) is 21.8. The molecule has 1 atom stereocenters. The van der Waals surface area contributed by atoms with Gasteiger partial charge in [0.2, 0.25) is 5.91 Å². The first kappa shape index (κ1) is 21.4. The number of carbonyl (C=O) groups excluding carboxylic acids is 2. The molecule has 0 spiro atoms. The van der Waals surface area contributed by atoms with Crippen molar-refractivity contribution in [3.8, 4) is 17.2 Å². The van der Waals surface area contributed by atoms with Gasteiger partial charge in [-0.25, -0.2) is 0 Å². The van der Waals surface area contributed by atoms with Crippen LogP contribution >= 0.6 is 24.0 Å². The standard InChI is InChI=1S/C22H20N2O5S2/c1-27-18-9-14(10-19-21(26)24-22(30)31-19)4-7-17(18)29-16-5-2-13(3-6-16)8-15-11-28-12-20(25)23-15/h2-7,9-10,15H,8,11-12H2,1H3,(H,23,25)(H,24,26,30). The number of hydrogen-bond acceptors (Lipinski definition) is 7. The van der Waals surface area contributed by atoms with Crippen LogP contribution in [0, 0.1) is 0 Å². The molecule has 0 radical (unpaired) electrons. The Balaban J connectivity index is 1.44. The molecule has 2 aliphatic heterocycles. The van der Waals surface area contributed by atoms with Gasteiger partial charge in [-0.05, 0) is 47.9 Å². The van der Waals surface area contributed by atoms with E-state index in [1.807, 2.05) is 30.3 Å². The van der Waals surface area contributed by atoms with Gasteiger partial charge in [0.05, 0.1) is 24.7 Å². The first-order valence-electron chi connectivity index (χ1n) is 9.57. The molecule has 0 aromatic heterocycles. The maximum atomic E-state index is 11.8. The van der Waals surface area contributed by atoms with Crippen molar-refractivity contribution in [2.24, 2.45) is 0 Å². The normalized spacial score (nSPS) is 19.8. The minimum Gasteiger partial charge on any atom is -0.493 e. The maximum absolute atomic E-state index is 11.8. The van der Waals surface area contributed by atoms with Crippen LogP contribution in [0.4, 0.5) is 0 Å². The fourth-order valence-electron chi connectivity index (χ4n) is 3.25. The molecule has 1 unspecified atom stereocenters. The highest BCUT2D eigenvalue weighted by atomic mass is 32.2. The van der Waals surface area contributed by atoms with Gasteiger partial charge in [-0.2, -0.15) is 0 Å². The highest BCUT2D eigenvalue weighted by Crippen LogP contribution is 2.34. The molecule has 0 saturated carbocycles. The molecule has 0 aliphatic carbocycles. The smallest absolute Gasteiger partial charge is 0.263 e. The van der Waals surface area contributed by atoms with Crippen molar-refractivity contribution < 1.29 is 23.8 Å². The average molecular weight is 457 g/mol. The molecule has 9 heteroatoms. The molecule has 2 amide bonds. The quantitative estimate of drug-likeness (QED) is 0.510. The van der Waals surface area contributed by atoms with Crippen LogP contribution in [0.3, 0.4) is 0 Å². The lowest BCUT2D eigenvalue weighted by molar-refractivity contribution is -0.131. The Kier molecular flexibility index (Phi) is 6.55. The minimum atomic E-state index is -0.200. The van der Waals surface area contributed by atoms with Crippen molar-refractivity contribution in [3.05, 3.63) is 58.5 Å². The number of morpholine rings is 1. The number of benzene rings is 2. The second-order valence-corrected chi connectivity index (χ2v) is 8.71. The van der Waals surface area contributed by atoms with Crippen LogP contribution in [0.5, 0.6) is 17.2 Å². The van der Waals surface area contributed by atoms with Gasteiger partial charge in [-0.15, -0.1) is 0 Å². The number of thiocarbonyl (C=S) groups is 1. The molecular weight excluding hydrogens is 436 g/mol. The Morgan fingerprint density at radius 2 is 2.00 bits per heavy atom. The van der Waals surface area contributed by atoms with Crippen molar-refractivity contribution in [2.75, 3.05) is 20.3 Å². The van der Waals surface area contributed by atoms with E-state index in [0.29, 0.717) is 39.5 Å². The summed E-state index contributed by atoms with van der Waals surface area (Å²) in [6, 6.07) is 13.1. The summed E-state index contributed by atoms with van der Waals surface area (Å²) < 4.78 is 17.2. The van der Waals surface area contributed by atoms with Crippen LogP contribution < -0.4 is 20.1 Å². The molecule has 31 heavy (non-hydrogen) atoms. The van der Waals surface area contributed by atoms with E-state index in [-0.39, 0.29) is 24.5 Å². The molecule has 160 valence electrons. The highest BCUT2D eigenvalue weighted by Gasteiger charge is 2.22. The number of ether oxygens (including phenoxy) is 3. The van der Waals surface area contributed by atoms with Crippen molar-refractivity contribution in [1.29, 1.82) is 0 Å². The summed E-state index contributed by atoms with van der Waals surface area (Å²) in [6.45, 7) is 0.635. The number of nitrogens with one attached hydrogen (secondary N) is 2. The zero-order valence-electron chi connectivity index (χ0n) is 16.7. The number of amides is 2. The van der Waals surface area contributed by atoms with E-state index < -0.39 is 0 Å². The fraction of sp³-hybridized carbons (Fsp3) is 0.227. The Hall–Kier alpha value is -2.88. The molecule has 2 aliphatic rings. The molecule has 2 saturated heterocycles. The van der Waals surface area contributed by atoms with Crippen LogP contribution in [0.15, 0.2) is 47.4 Å². The van der Waals surface area contributed by atoms with Gasteiger partial charge >= 0.3 is 0 Å². The third-order valence-corrected chi connectivity index (χ3v) is 5.84. The Labute approximate surface area is 189 Å². The molecule has 7 nitrogen and oxygen atoms in total. The van der Waals surface area contributed by atoms with Gasteiger partial charge in [0.25, 0.3) is 5.91 Å². The van der Waals surface area contributed by atoms with E-state index in [0.717, 1.165) is 11.1 Å². The van der Waals surface area contributed by atoms with Crippen LogP contribution in [-0.2, 0) is 20.7 Å². The second kappa shape index (κ2) is 9.51. The number of hydrogen-bond donors (Lipinski definition) is 2. The van der Waals surface area contributed by atoms with Crippen LogP contribution in [-0.4, -0.2) is 42.5 Å². The summed E-state index contributed by atoms with van der Waals surface area (Å²) in [5.41, 5.74) is 1.88. The van der Waals surface area contributed by atoms with E-state index in [2.05, 4.69) is 10.6 Å². The summed E-state index contributed by atoms with van der Waals surface area (Å²) >= 11 is 6.24. The molecule has 2 N–H and O–H groups in total. The average Bonchev–Trinajstić information content (AvgIpc) is 3.07. The molecule has 2 aromatic rings. The SMILES string of the molecule is COc1cc(C=C2SC(=S)NC2=O)ccc1Oc1ccc(CC2COCC(=O)N2)cc1. The lowest BCUT2D eigenvalue weighted by Gasteiger charge is -2.23. The van der Waals surface area contributed by atoms with E-state index in [1.54, 1.807) is 25.3 Å². The van der Waals surface area contributed by atoms with Gasteiger partial charge in [0.15, 0.2) is 11.5 Å². The molecule has 2 heterocycles. The van der Waals surface area contributed by atoms with E-state index >= 15 is 0 Å². The Bertz CT molecular complexity index is 1050. The van der Waals surface area contributed by atoms with Crippen LogP contribution in [0.25, 0.3) is 6.08 Å². The van der Waals surface area contributed by atoms with E-state index in [1.165, 1.54) is 11.8 Å².